The maximum Gasteiger partial charge on any atom is 0.311 e. The number of rotatable bonds is 8. The summed E-state index contributed by atoms with van der Waals surface area (Å²) in [4.78, 5) is 10.5. The first-order chi connectivity index (χ1) is 9.08. The predicted octanol–water partition coefficient (Wildman–Crippen LogP) is 1.85. The number of ether oxygens (including phenoxy) is 1. The molecule has 0 aliphatic heterocycles. The van der Waals surface area contributed by atoms with Crippen molar-refractivity contribution in [2.75, 3.05) is 13.2 Å². The minimum absolute atomic E-state index is 0.0594. The Balaban J connectivity index is 2.82. The quantitative estimate of drug-likeness (QED) is 0.555. The van der Waals surface area contributed by atoms with Crippen molar-refractivity contribution in [1.82, 2.24) is 5.32 Å². The molecule has 19 heavy (non-hydrogen) atoms. The summed E-state index contributed by atoms with van der Waals surface area (Å²) in [5.41, 5.74) is 0.760. The van der Waals surface area contributed by atoms with Gasteiger partial charge >= 0.3 is 5.69 Å². The molecule has 0 heterocycles. The van der Waals surface area contributed by atoms with Crippen LogP contribution in [0.5, 0.6) is 5.75 Å². The maximum absolute atomic E-state index is 11.0. The number of benzene rings is 1. The smallest absolute Gasteiger partial charge is 0.311 e. The second-order valence-corrected chi connectivity index (χ2v) is 4.21. The van der Waals surface area contributed by atoms with Gasteiger partial charge in [-0.1, -0.05) is 19.9 Å². The minimum atomic E-state index is -0.610. The Morgan fingerprint density at radius 2 is 2.21 bits per heavy atom. The number of nitrogens with zero attached hydrogens (tertiary/aromatic N) is 1. The lowest BCUT2D eigenvalue weighted by Crippen LogP contribution is -2.17. The fourth-order valence-electron chi connectivity index (χ4n) is 1.51. The molecule has 0 bridgehead atoms. The molecule has 1 unspecified atom stereocenters. The second-order valence-electron chi connectivity index (χ2n) is 4.21. The van der Waals surface area contributed by atoms with Gasteiger partial charge in [-0.15, -0.1) is 0 Å². The predicted molar refractivity (Wildman–Crippen MR) is 72.3 cm³/mol. The van der Waals surface area contributed by atoms with E-state index in [0.717, 1.165) is 12.1 Å². The largest absolute Gasteiger partial charge is 0.484 e. The van der Waals surface area contributed by atoms with E-state index >= 15 is 0 Å². The first-order valence-corrected chi connectivity index (χ1v) is 6.37. The van der Waals surface area contributed by atoms with Crippen molar-refractivity contribution < 1.29 is 14.8 Å². The Hall–Kier alpha value is -1.66. The molecule has 0 fully saturated rings. The number of aliphatic hydroxyl groups excluding tert-OH is 1. The Bertz CT molecular complexity index is 423. The van der Waals surface area contributed by atoms with Crippen LogP contribution in [0.1, 0.15) is 25.8 Å². The van der Waals surface area contributed by atoms with E-state index in [-0.39, 0.29) is 18.0 Å². The standard InChI is InChI=1S/C13H20N2O4/c1-3-11(16)9-19-13-6-5-10(8-14-4-2)7-12(13)15(17)18/h5-7,11,14,16H,3-4,8-9H2,1-2H3. The number of nitro benzene ring substituents is 1. The summed E-state index contributed by atoms with van der Waals surface area (Å²) in [5, 5.41) is 23.5. The SMILES string of the molecule is CCNCc1ccc(OCC(O)CC)c([N+](=O)[O-])c1. The van der Waals surface area contributed by atoms with Gasteiger partial charge in [0.15, 0.2) is 5.75 Å². The number of nitro groups is 1. The lowest BCUT2D eigenvalue weighted by atomic mass is 10.2. The fraction of sp³-hybridized carbons (Fsp3) is 0.538. The molecule has 0 amide bonds. The van der Waals surface area contributed by atoms with Crippen LogP contribution < -0.4 is 10.1 Å². The van der Waals surface area contributed by atoms with Crippen LogP contribution in [0.15, 0.2) is 18.2 Å². The third kappa shape index (κ3) is 4.84. The van der Waals surface area contributed by atoms with Gasteiger partial charge < -0.3 is 15.2 Å². The molecule has 2 N–H and O–H groups in total. The summed E-state index contributed by atoms with van der Waals surface area (Å²) in [6.45, 7) is 5.23. The van der Waals surface area contributed by atoms with E-state index in [2.05, 4.69) is 5.32 Å². The highest BCUT2D eigenvalue weighted by Crippen LogP contribution is 2.28. The molecule has 1 aromatic carbocycles. The van der Waals surface area contributed by atoms with Crippen LogP contribution in [0.2, 0.25) is 0 Å². The average Bonchev–Trinajstić information content (AvgIpc) is 2.42. The Kier molecular flexibility index (Phi) is 6.24. The van der Waals surface area contributed by atoms with Crippen molar-refractivity contribution in [2.24, 2.45) is 0 Å². The van der Waals surface area contributed by atoms with E-state index in [1.807, 2.05) is 13.8 Å². The molecule has 1 atom stereocenters. The topological polar surface area (TPSA) is 84.6 Å². The van der Waals surface area contributed by atoms with Crippen LogP contribution in [-0.4, -0.2) is 29.3 Å². The molecule has 0 radical (unpaired) electrons. The third-order valence-corrected chi connectivity index (χ3v) is 2.70. The summed E-state index contributed by atoms with van der Waals surface area (Å²) in [7, 11) is 0. The van der Waals surface area contributed by atoms with Crippen LogP contribution in [-0.2, 0) is 6.54 Å². The van der Waals surface area contributed by atoms with E-state index in [4.69, 9.17) is 4.74 Å². The summed E-state index contributed by atoms with van der Waals surface area (Å²) < 4.78 is 5.30. The van der Waals surface area contributed by atoms with E-state index in [0.29, 0.717) is 13.0 Å². The number of aliphatic hydroxyl groups is 1. The molecule has 0 saturated carbocycles. The van der Waals surface area contributed by atoms with Crippen molar-refractivity contribution in [3.05, 3.63) is 33.9 Å². The van der Waals surface area contributed by atoms with Crippen LogP contribution in [0.4, 0.5) is 5.69 Å². The summed E-state index contributed by atoms with van der Waals surface area (Å²) in [5.74, 6) is 0.192. The maximum atomic E-state index is 11.0. The highest BCUT2D eigenvalue weighted by Gasteiger charge is 2.16. The first kappa shape index (κ1) is 15.4. The van der Waals surface area contributed by atoms with E-state index < -0.39 is 11.0 Å². The highest BCUT2D eigenvalue weighted by molar-refractivity contribution is 5.48. The van der Waals surface area contributed by atoms with Crippen LogP contribution >= 0.6 is 0 Å². The number of hydrogen-bond donors (Lipinski definition) is 2. The first-order valence-electron chi connectivity index (χ1n) is 6.37. The second kappa shape index (κ2) is 7.70. The number of hydrogen-bond acceptors (Lipinski definition) is 5. The lowest BCUT2D eigenvalue weighted by molar-refractivity contribution is -0.386. The van der Waals surface area contributed by atoms with Crippen LogP contribution in [0, 0.1) is 10.1 Å². The molecule has 0 saturated heterocycles. The molecule has 6 heteroatoms. The van der Waals surface area contributed by atoms with Gasteiger partial charge in [0.2, 0.25) is 0 Å². The van der Waals surface area contributed by atoms with Gasteiger partial charge in [0.1, 0.15) is 6.61 Å². The Morgan fingerprint density at radius 3 is 2.79 bits per heavy atom. The summed E-state index contributed by atoms with van der Waals surface area (Å²) >= 11 is 0. The van der Waals surface area contributed by atoms with Crippen molar-refractivity contribution in [3.8, 4) is 5.75 Å². The van der Waals surface area contributed by atoms with Gasteiger partial charge in [-0.05, 0) is 24.6 Å². The van der Waals surface area contributed by atoms with Gasteiger partial charge in [0, 0.05) is 12.6 Å². The van der Waals surface area contributed by atoms with Gasteiger partial charge in [-0.25, -0.2) is 0 Å². The van der Waals surface area contributed by atoms with Gasteiger partial charge in [0.05, 0.1) is 11.0 Å². The molecule has 0 spiro atoms. The lowest BCUT2D eigenvalue weighted by Gasteiger charge is -2.11. The summed E-state index contributed by atoms with van der Waals surface area (Å²) in [6.07, 6.45) is -0.0622. The van der Waals surface area contributed by atoms with Crippen molar-refractivity contribution in [2.45, 2.75) is 32.9 Å². The van der Waals surface area contributed by atoms with Crippen molar-refractivity contribution >= 4 is 5.69 Å². The molecule has 6 nitrogen and oxygen atoms in total. The van der Waals surface area contributed by atoms with Gasteiger partial charge in [-0.3, -0.25) is 10.1 Å². The fourth-order valence-corrected chi connectivity index (χ4v) is 1.51. The number of nitrogens with one attached hydrogen (secondary N) is 1. The van der Waals surface area contributed by atoms with Gasteiger partial charge in [0.25, 0.3) is 0 Å². The zero-order valence-corrected chi connectivity index (χ0v) is 11.3. The molecule has 1 rings (SSSR count). The molecular weight excluding hydrogens is 248 g/mol. The molecular formula is C13H20N2O4. The Labute approximate surface area is 112 Å². The normalized spacial score (nSPS) is 12.2. The highest BCUT2D eigenvalue weighted by atomic mass is 16.6. The monoisotopic (exact) mass is 268 g/mol. The molecule has 0 aliphatic rings. The molecule has 106 valence electrons. The molecule has 0 aromatic heterocycles. The van der Waals surface area contributed by atoms with Crippen molar-refractivity contribution in [3.63, 3.8) is 0 Å². The van der Waals surface area contributed by atoms with E-state index in [9.17, 15) is 15.2 Å². The zero-order valence-electron chi connectivity index (χ0n) is 11.3. The summed E-state index contributed by atoms with van der Waals surface area (Å²) in [6, 6.07) is 4.85. The van der Waals surface area contributed by atoms with Crippen molar-refractivity contribution in [1.29, 1.82) is 0 Å². The van der Waals surface area contributed by atoms with Crippen LogP contribution in [0.3, 0.4) is 0 Å². The molecule has 0 aliphatic carbocycles. The molecule has 1 aromatic rings. The zero-order chi connectivity index (χ0) is 14.3. The van der Waals surface area contributed by atoms with E-state index in [1.54, 1.807) is 12.1 Å². The third-order valence-electron chi connectivity index (χ3n) is 2.70. The van der Waals surface area contributed by atoms with Crippen LogP contribution in [0.25, 0.3) is 0 Å². The minimum Gasteiger partial charge on any atom is -0.484 e. The Morgan fingerprint density at radius 1 is 1.47 bits per heavy atom. The average molecular weight is 268 g/mol. The van der Waals surface area contributed by atoms with Gasteiger partial charge in [-0.2, -0.15) is 0 Å². The van der Waals surface area contributed by atoms with E-state index in [1.165, 1.54) is 6.07 Å².